The molecule has 0 amide bonds. The van der Waals surface area contributed by atoms with Crippen LogP contribution in [-0.2, 0) is 54.5 Å². The normalized spacial score (nSPS) is 11.0. The standard InChI is InChI=1S/C11H11NO2.C10H9NO3.C10H9NO2.C9H9NO4.C9H11NO2.C8H8O3/c1-7(8(2)13)9-3-4-10-11(5-9)14-6-12-10;1-6(10(12)13)7-2-3-8-9(4-7)14-5-11-8;1-7(12)4-8-2-3-9-10(5-8)13-6-11-9;1-6(11)4-7-2-3-8(10(13)14)9(12)5-7;1-6(11)4-7-2-3-8(10)9(12)5-7;9-7-3-1-2-6(4-7)5-8(10)11/h3-7H,1-2H3;2-6H,1H3,(H,12,13);2-3,5-6H,4H2,1H3;2-3,5,12H,4H2,1H3;2-3,5,12H,4,10H2,1H3;1-4,9H,5H2,(H,10,11). The maximum Gasteiger partial charge on any atom is 0.310 e. The van der Waals surface area contributed by atoms with E-state index in [4.69, 9.17) is 34.3 Å². The number of aromatic hydroxyl groups is 3. The summed E-state index contributed by atoms with van der Waals surface area (Å²) in [5, 5.41) is 54.9. The number of ketones is 4. The second kappa shape index (κ2) is 29.1. The van der Waals surface area contributed by atoms with Crippen molar-refractivity contribution in [2.75, 3.05) is 5.73 Å². The van der Waals surface area contributed by atoms with Gasteiger partial charge >= 0.3 is 17.6 Å². The van der Waals surface area contributed by atoms with Gasteiger partial charge in [0.05, 0.1) is 22.9 Å². The molecule has 78 heavy (non-hydrogen) atoms. The maximum absolute atomic E-state index is 11.2. The summed E-state index contributed by atoms with van der Waals surface area (Å²) in [7, 11) is 0. The van der Waals surface area contributed by atoms with Gasteiger partial charge in [-0.15, -0.1) is 0 Å². The molecule has 0 aliphatic heterocycles. The topological polar surface area (TPSA) is 351 Å². The van der Waals surface area contributed by atoms with Crippen LogP contribution in [0, 0.1) is 10.1 Å². The Morgan fingerprint density at radius 3 is 1.38 bits per heavy atom. The molecule has 2 atom stereocenters. The van der Waals surface area contributed by atoms with Gasteiger partial charge in [0.2, 0.25) is 0 Å². The van der Waals surface area contributed by atoms with Crippen molar-refractivity contribution in [3.05, 3.63) is 178 Å². The third-order valence-electron chi connectivity index (χ3n) is 11.0. The fourth-order valence-electron chi connectivity index (χ4n) is 6.90. The quantitative estimate of drug-likeness (QED) is 0.0270. The minimum absolute atomic E-state index is 0.0359. The number of phenolic OH excluding ortho intramolecular Hbond substituents is 3. The Labute approximate surface area is 445 Å². The smallest absolute Gasteiger partial charge is 0.310 e. The molecule has 6 aromatic carbocycles. The number of nitro benzene ring substituents is 1. The van der Waals surface area contributed by atoms with Crippen molar-refractivity contribution >= 4 is 79.7 Å². The van der Waals surface area contributed by atoms with Crippen molar-refractivity contribution in [1.82, 2.24) is 15.0 Å². The number of benzene rings is 6. The van der Waals surface area contributed by atoms with Crippen LogP contribution < -0.4 is 5.73 Å². The van der Waals surface area contributed by atoms with E-state index in [1.165, 1.54) is 69.4 Å². The van der Waals surface area contributed by atoms with E-state index in [0.29, 0.717) is 35.2 Å². The number of aliphatic carboxylic acids is 2. The summed E-state index contributed by atoms with van der Waals surface area (Å²) in [5.41, 5.74) is 14.5. The van der Waals surface area contributed by atoms with Gasteiger partial charge in [0.15, 0.2) is 41.7 Å². The van der Waals surface area contributed by atoms with E-state index in [0.717, 1.165) is 50.0 Å². The zero-order valence-electron chi connectivity index (χ0n) is 43.3. The van der Waals surface area contributed by atoms with E-state index in [1.54, 1.807) is 63.2 Å². The Balaban J connectivity index is 0.000000202. The lowest BCUT2D eigenvalue weighted by Gasteiger charge is -2.06. The number of nitrogen functional groups attached to an aromatic ring is 1. The highest BCUT2D eigenvalue weighted by molar-refractivity contribution is 5.85. The van der Waals surface area contributed by atoms with Gasteiger partial charge in [-0.1, -0.05) is 49.4 Å². The SMILES string of the molecule is CC(=O)C(C)c1ccc2ncoc2c1.CC(=O)Cc1ccc(N)c(O)c1.CC(=O)Cc1ccc([N+](=O)[O-])c(O)c1.CC(=O)Cc1ccc2ncoc2c1.CC(C(=O)O)c1ccc2ncoc2c1.O=C(O)Cc1cccc(O)c1. The molecule has 0 bridgehead atoms. The predicted octanol–water partition coefficient (Wildman–Crippen LogP) is 10.1. The van der Waals surface area contributed by atoms with Crippen LogP contribution in [0.15, 0.2) is 148 Å². The number of oxazole rings is 3. The molecule has 0 aliphatic carbocycles. The lowest BCUT2D eigenvalue weighted by atomic mass is 9.97. The van der Waals surface area contributed by atoms with Crippen LogP contribution in [0.2, 0.25) is 0 Å². The van der Waals surface area contributed by atoms with E-state index >= 15 is 0 Å². The van der Waals surface area contributed by atoms with Crippen LogP contribution in [0.5, 0.6) is 17.2 Å². The molecule has 3 heterocycles. The number of aromatic nitrogens is 3. The number of carboxylic acids is 2. The van der Waals surface area contributed by atoms with E-state index in [9.17, 15) is 49.1 Å². The van der Waals surface area contributed by atoms with Gasteiger partial charge in [-0.2, -0.15) is 0 Å². The molecule has 0 saturated heterocycles. The van der Waals surface area contributed by atoms with Crippen molar-refractivity contribution in [2.24, 2.45) is 0 Å². The average molecular weight is 1070 g/mol. The van der Waals surface area contributed by atoms with Gasteiger partial charge < -0.3 is 44.5 Å². The van der Waals surface area contributed by atoms with Crippen molar-refractivity contribution in [3.63, 3.8) is 0 Å². The Hall–Kier alpha value is -10.1. The Bertz CT molecular complexity index is 3450. The highest BCUT2D eigenvalue weighted by atomic mass is 16.6. The Morgan fingerprint density at radius 1 is 0.538 bits per heavy atom. The second-order valence-electron chi connectivity index (χ2n) is 17.6. The fraction of sp³-hybridized carbons (Fsp3) is 0.211. The number of fused-ring (bicyclic) bond motifs is 3. The Kier molecular flexibility index (Phi) is 22.6. The number of nitrogens with two attached hydrogens (primary N) is 1. The van der Waals surface area contributed by atoms with E-state index in [2.05, 4.69) is 15.0 Å². The number of phenols is 3. The fourth-order valence-corrected chi connectivity index (χ4v) is 6.90. The number of rotatable bonds is 13. The van der Waals surface area contributed by atoms with Gasteiger partial charge in [-0.3, -0.25) is 38.9 Å². The number of anilines is 1. The molecule has 2 unspecified atom stereocenters. The van der Waals surface area contributed by atoms with Gasteiger partial charge in [-0.25, -0.2) is 15.0 Å². The first-order chi connectivity index (χ1) is 36.9. The molecule has 21 heteroatoms. The number of carbonyl (C=O) groups is 6. The first-order valence-corrected chi connectivity index (χ1v) is 23.6. The largest absolute Gasteiger partial charge is 0.508 e. The summed E-state index contributed by atoms with van der Waals surface area (Å²) in [5.74, 6) is -2.29. The lowest BCUT2D eigenvalue weighted by Crippen LogP contribution is -2.06. The molecular weight excluding hydrogens is 1010 g/mol. The molecule has 9 aromatic rings. The number of carboxylic acid groups (broad SMARTS) is 2. The third kappa shape index (κ3) is 19.7. The minimum Gasteiger partial charge on any atom is -0.508 e. The zero-order chi connectivity index (χ0) is 57.6. The molecule has 9 rings (SSSR count). The van der Waals surface area contributed by atoms with Crippen LogP contribution in [0.3, 0.4) is 0 Å². The first-order valence-electron chi connectivity index (χ1n) is 23.6. The summed E-state index contributed by atoms with van der Waals surface area (Å²) in [6.07, 6.45) is 5.08. The molecular formula is C57H57N5O16. The van der Waals surface area contributed by atoms with Crippen LogP contribution in [0.25, 0.3) is 33.3 Å². The van der Waals surface area contributed by atoms with E-state index < -0.39 is 28.5 Å². The van der Waals surface area contributed by atoms with Crippen molar-refractivity contribution in [1.29, 1.82) is 0 Å². The predicted molar refractivity (Wildman–Crippen MR) is 287 cm³/mol. The molecule has 3 aromatic heterocycles. The summed E-state index contributed by atoms with van der Waals surface area (Å²) in [4.78, 5) is 86.0. The van der Waals surface area contributed by atoms with Gasteiger partial charge in [0, 0.05) is 31.2 Å². The molecule has 0 aliphatic rings. The van der Waals surface area contributed by atoms with Crippen LogP contribution >= 0.6 is 0 Å². The molecule has 0 radical (unpaired) electrons. The van der Waals surface area contributed by atoms with Gasteiger partial charge in [0.1, 0.15) is 51.2 Å². The summed E-state index contributed by atoms with van der Waals surface area (Å²) >= 11 is 0. The van der Waals surface area contributed by atoms with Gasteiger partial charge in [0.25, 0.3) is 0 Å². The highest BCUT2D eigenvalue weighted by Gasteiger charge is 2.16. The van der Waals surface area contributed by atoms with E-state index in [-0.39, 0.29) is 59.1 Å². The van der Waals surface area contributed by atoms with Crippen molar-refractivity contribution in [3.8, 4) is 17.2 Å². The highest BCUT2D eigenvalue weighted by Crippen LogP contribution is 2.27. The molecule has 0 fully saturated rings. The molecule has 7 N–H and O–H groups in total. The molecule has 0 saturated carbocycles. The van der Waals surface area contributed by atoms with Crippen LogP contribution in [-0.4, -0.2) is 80.5 Å². The second-order valence-corrected chi connectivity index (χ2v) is 17.6. The average Bonchev–Trinajstić information content (AvgIpc) is 4.18. The summed E-state index contributed by atoms with van der Waals surface area (Å²) < 4.78 is 15.4. The van der Waals surface area contributed by atoms with Crippen LogP contribution in [0.1, 0.15) is 86.8 Å². The number of hydrogen-bond acceptors (Lipinski definition) is 18. The summed E-state index contributed by atoms with van der Waals surface area (Å²) in [6.45, 7) is 9.62. The van der Waals surface area contributed by atoms with E-state index in [1.807, 2.05) is 43.3 Å². The third-order valence-corrected chi connectivity index (χ3v) is 11.0. The molecule has 0 spiro atoms. The number of nitrogens with zero attached hydrogens (tertiary/aromatic N) is 4. The van der Waals surface area contributed by atoms with Crippen molar-refractivity contribution < 1.29 is 72.5 Å². The van der Waals surface area contributed by atoms with Crippen molar-refractivity contribution in [2.45, 2.75) is 79.1 Å². The minimum atomic E-state index is -0.893. The lowest BCUT2D eigenvalue weighted by molar-refractivity contribution is -0.385. The first kappa shape index (κ1) is 60.5. The number of nitro groups is 1. The van der Waals surface area contributed by atoms with Crippen LogP contribution in [0.4, 0.5) is 11.4 Å². The molecule has 406 valence electrons. The number of Topliss-reactive ketones (excluding diaryl/α,β-unsaturated/α-hetero) is 4. The van der Waals surface area contributed by atoms with Gasteiger partial charge in [-0.05, 0) is 135 Å². The monoisotopic (exact) mass is 1070 g/mol. The molecule has 21 nitrogen and oxygen atoms in total. The maximum atomic E-state index is 11.2. The Morgan fingerprint density at radius 2 is 0.962 bits per heavy atom. The zero-order valence-corrected chi connectivity index (χ0v) is 43.3. The summed E-state index contributed by atoms with van der Waals surface area (Å²) in [6, 6.07) is 31.4. The number of hydrogen-bond donors (Lipinski definition) is 6. The number of carbonyl (C=O) groups excluding carboxylic acids is 4.